The van der Waals surface area contributed by atoms with Gasteiger partial charge in [0.05, 0.1) is 12.8 Å². The van der Waals surface area contributed by atoms with E-state index in [0.29, 0.717) is 17.9 Å². The maximum absolute atomic E-state index is 12.2. The van der Waals surface area contributed by atoms with Gasteiger partial charge in [0.25, 0.3) is 5.91 Å². The molecule has 3 aromatic carbocycles. The van der Waals surface area contributed by atoms with E-state index in [4.69, 9.17) is 9.47 Å². The summed E-state index contributed by atoms with van der Waals surface area (Å²) in [6, 6.07) is 24.0. The van der Waals surface area contributed by atoms with Crippen LogP contribution in [0.2, 0.25) is 0 Å². The molecule has 0 spiro atoms. The van der Waals surface area contributed by atoms with Gasteiger partial charge in [-0.3, -0.25) is 4.79 Å². The van der Waals surface area contributed by atoms with Crippen LogP contribution < -0.4 is 14.9 Å². The second kappa shape index (κ2) is 9.92. The van der Waals surface area contributed by atoms with Crippen molar-refractivity contribution in [3.8, 4) is 17.2 Å². The number of ether oxygens (including phenoxy) is 2. The lowest BCUT2D eigenvalue weighted by Crippen LogP contribution is -2.17. The average Bonchev–Trinajstić information content (AvgIpc) is 2.73. The highest BCUT2D eigenvalue weighted by Crippen LogP contribution is 2.21. The van der Waals surface area contributed by atoms with E-state index < -0.39 is 0 Å². The first-order valence-corrected chi connectivity index (χ1v) is 9.14. The number of hydrogen-bond donors (Lipinski definition) is 1. The quantitative estimate of drug-likeness (QED) is 0.444. The highest BCUT2D eigenvalue weighted by atomic mass is 16.5. The number of para-hydroxylation sites is 1. The largest absolute Gasteiger partial charge is 0.494 e. The van der Waals surface area contributed by atoms with Crippen LogP contribution in [0, 0.1) is 0 Å². The Balaban J connectivity index is 1.56. The number of nitrogens with zero attached hydrogens (tertiary/aromatic N) is 1. The molecule has 5 heteroatoms. The van der Waals surface area contributed by atoms with Crippen molar-refractivity contribution in [1.29, 1.82) is 0 Å². The monoisotopic (exact) mass is 374 g/mol. The highest BCUT2D eigenvalue weighted by molar-refractivity contribution is 5.95. The molecule has 0 atom stereocenters. The number of hydrogen-bond acceptors (Lipinski definition) is 4. The summed E-state index contributed by atoms with van der Waals surface area (Å²) in [4.78, 5) is 12.2. The molecule has 3 rings (SSSR count). The van der Waals surface area contributed by atoms with Crippen LogP contribution in [0.1, 0.15) is 29.3 Å². The minimum atomic E-state index is -0.282. The number of benzene rings is 3. The van der Waals surface area contributed by atoms with Crippen LogP contribution in [0.5, 0.6) is 17.2 Å². The fourth-order valence-electron chi connectivity index (χ4n) is 2.44. The summed E-state index contributed by atoms with van der Waals surface area (Å²) in [7, 11) is 0. The van der Waals surface area contributed by atoms with E-state index >= 15 is 0 Å². The number of carbonyl (C=O) groups is 1. The number of hydrazone groups is 1. The van der Waals surface area contributed by atoms with E-state index in [0.717, 1.165) is 23.5 Å². The van der Waals surface area contributed by atoms with E-state index in [2.05, 4.69) is 10.5 Å². The average molecular weight is 374 g/mol. The van der Waals surface area contributed by atoms with E-state index in [9.17, 15) is 4.79 Å². The summed E-state index contributed by atoms with van der Waals surface area (Å²) in [5, 5.41) is 4.03. The molecule has 1 amide bonds. The molecule has 28 heavy (non-hydrogen) atoms. The Morgan fingerprint density at radius 3 is 2.43 bits per heavy atom. The van der Waals surface area contributed by atoms with Crippen LogP contribution in [-0.2, 0) is 0 Å². The van der Waals surface area contributed by atoms with Gasteiger partial charge in [-0.15, -0.1) is 0 Å². The topological polar surface area (TPSA) is 59.9 Å². The molecule has 1 N–H and O–H groups in total. The van der Waals surface area contributed by atoms with E-state index in [1.165, 1.54) is 0 Å². The third kappa shape index (κ3) is 5.71. The van der Waals surface area contributed by atoms with Crippen molar-refractivity contribution in [2.75, 3.05) is 6.61 Å². The molecule has 0 aliphatic rings. The lowest BCUT2D eigenvalue weighted by atomic mass is 10.2. The van der Waals surface area contributed by atoms with Gasteiger partial charge in [0.1, 0.15) is 17.2 Å². The second-order valence-corrected chi connectivity index (χ2v) is 6.06. The van der Waals surface area contributed by atoms with Crippen LogP contribution in [0.3, 0.4) is 0 Å². The minimum Gasteiger partial charge on any atom is -0.494 e. The van der Waals surface area contributed by atoms with Crippen molar-refractivity contribution >= 4 is 12.1 Å². The van der Waals surface area contributed by atoms with Crippen molar-refractivity contribution in [1.82, 2.24) is 5.43 Å². The van der Waals surface area contributed by atoms with Gasteiger partial charge in [-0.05, 0) is 60.5 Å². The molecule has 0 saturated heterocycles. The molecule has 0 aliphatic carbocycles. The maximum Gasteiger partial charge on any atom is 0.271 e. The number of carbonyl (C=O) groups excluding carboxylic acids is 1. The summed E-state index contributed by atoms with van der Waals surface area (Å²) < 4.78 is 11.3. The Morgan fingerprint density at radius 1 is 0.929 bits per heavy atom. The molecule has 0 fully saturated rings. The Labute approximate surface area is 164 Å². The van der Waals surface area contributed by atoms with Crippen molar-refractivity contribution in [3.05, 3.63) is 90.0 Å². The van der Waals surface area contributed by atoms with Gasteiger partial charge in [-0.25, -0.2) is 5.43 Å². The predicted octanol–water partition coefficient (Wildman–Crippen LogP) is 5.03. The van der Waals surface area contributed by atoms with Gasteiger partial charge in [0.15, 0.2) is 0 Å². The van der Waals surface area contributed by atoms with Gasteiger partial charge in [-0.1, -0.05) is 37.3 Å². The minimum absolute atomic E-state index is 0.282. The van der Waals surface area contributed by atoms with Crippen molar-refractivity contribution < 1.29 is 14.3 Å². The van der Waals surface area contributed by atoms with E-state index in [1.807, 2.05) is 61.5 Å². The Hall–Kier alpha value is -3.60. The van der Waals surface area contributed by atoms with Crippen molar-refractivity contribution in [3.63, 3.8) is 0 Å². The smallest absolute Gasteiger partial charge is 0.271 e. The van der Waals surface area contributed by atoms with E-state index in [1.54, 1.807) is 30.5 Å². The fourth-order valence-corrected chi connectivity index (χ4v) is 2.44. The first kappa shape index (κ1) is 19.2. The molecular formula is C23H22N2O3. The molecule has 3 aromatic rings. The molecule has 0 saturated carbocycles. The van der Waals surface area contributed by atoms with Crippen molar-refractivity contribution in [2.45, 2.75) is 13.3 Å². The molecule has 0 aromatic heterocycles. The van der Waals surface area contributed by atoms with Crippen LogP contribution in [0.25, 0.3) is 0 Å². The highest BCUT2D eigenvalue weighted by Gasteiger charge is 2.04. The fraction of sp³-hybridized carbons (Fsp3) is 0.130. The molecular weight excluding hydrogens is 352 g/mol. The molecule has 5 nitrogen and oxygen atoms in total. The zero-order chi connectivity index (χ0) is 19.6. The van der Waals surface area contributed by atoms with E-state index in [-0.39, 0.29) is 5.91 Å². The number of amides is 1. The zero-order valence-corrected chi connectivity index (χ0v) is 15.7. The molecule has 0 bridgehead atoms. The number of rotatable bonds is 8. The lowest BCUT2D eigenvalue weighted by molar-refractivity contribution is 0.0955. The normalized spacial score (nSPS) is 10.6. The SMILES string of the molecule is CCCOc1ccc(C(=O)NN=Cc2cccc(Oc3ccccc3)c2)cc1. The third-order valence-corrected chi connectivity index (χ3v) is 3.81. The Morgan fingerprint density at radius 2 is 1.68 bits per heavy atom. The Bertz CT molecular complexity index is 922. The van der Waals surface area contributed by atoms with Crippen LogP contribution in [0.4, 0.5) is 0 Å². The third-order valence-electron chi connectivity index (χ3n) is 3.81. The first-order chi connectivity index (χ1) is 13.7. The molecule has 0 unspecified atom stereocenters. The molecule has 0 radical (unpaired) electrons. The van der Waals surface area contributed by atoms with Crippen LogP contribution >= 0.6 is 0 Å². The maximum atomic E-state index is 12.2. The van der Waals surface area contributed by atoms with Gasteiger partial charge in [0.2, 0.25) is 0 Å². The van der Waals surface area contributed by atoms with Gasteiger partial charge >= 0.3 is 0 Å². The van der Waals surface area contributed by atoms with Gasteiger partial charge in [0, 0.05) is 5.56 Å². The standard InChI is InChI=1S/C23H22N2O3/c1-2-15-27-20-13-11-19(12-14-20)23(26)25-24-17-18-7-6-10-22(16-18)28-21-8-4-3-5-9-21/h3-14,16-17H,2,15H2,1H3,(H,25,26). The first-order valence-electron chi connectivity index (χ1n) is 9.14. The van der Waals surface area contributed by atoms with Crippen molar-refractivity contribution in [2.24, 2.45) is 5.10 Å². The van der Waals surface area contributed by atoms with Gasteiger partial charge < -0.3 is 9.47 Å². The summed E-state index contributed by atoms with van der Waals surface area (Å²) in [5.74, 6) is 1.92. The summed E-state index contributed by atoms with van der Waals surface area (Å²) in [5.41, 5.74) is 3.86. The molecule has 0 aliphatic heterocycles. The lowest BCUT2D eigenvalue weighted by Gasteiger charge is -2.06. The number of nitrogens with one attached hydrogen (secondary N) is 1. The molecule has 142 valence electrons. The Kier molecular flexibility index (Phi) is 6.79. The second-order valence-electron chi connectivity index (χ2n) is 6.06. The summed E-state index contributed by atoms with van der Waals surface area (Å²) in [6.07, 6.45) is 2.52. The van der Waals surface area contributed by atoms with Gasteiger partial charge in [-0.2, -0.15) is 5.10 Å². The summed E-state index contributed by atoms with van der Waals surface area (Å²) >= 11 is 0. The van der Waals surface area contributed by atoms with Crippen LogP contribution in [0.15, 0.2) is 84.0 Å². The predicted molar refractivity (Wildman–Crippen MR) is 110 cm³/mol. The summed E-state index contributed by atoms with van der Waals surface area (Å²) in [6.45, 7) is 2.70. The zero-order valence-electron chi connectivity index (χ0n) is 15.7. The molecule has 0 heterocycles. The van der Waals surface area contributed by atoms with Crippen LogP contribution in [-0.4, -0.2) is 18.7 Å².